The number of nitrogens with zero attached hydrogens (tertiary/aromatic N) is 1. The number of thiazole rings is 1. The molecule has 1 N–H and O–H groups in total. The quantitative estimate of drug-likeness (QED) is 0.713. The number of thiophene rings is 1. The first-order valence-corrected chi connectivity index (χ1v) is 11.2. The van der Waals surface area contributed by atoms with Crippen molar-refractivity contribution in [2.24, 2.45) is 0 Å². The van der Waals surface area contributed by atoms with Crippen molar-refractivity contribution in [2.75, 3.05) is 11.6 Å². The van der Waals surface area contributed by atoms with E-state index in [1.165, 1.54) is 22.5 Å². The second-order valence-electron chi connectivity index (χ2n) is 5.67. The molecule has 1 amide bonds. The van der Waals surface area contributed by atoms with Gasteiger partial charge in [-0.05, 0) is 36.8 Å². The Morgan fingerprint density at radius 2 is 1.88 bits per heavy atom. The van der Waals surface area contributed by atoms with Crippen LogP contribution in [0.5, 0.6) is 0 Å². The van der Waals surface area contributed by atoms with Gasteiger partial charge in [-0.2, -0.15) is 0 Å². The molecule has 2 aromatic heterocycles. The Morgan fingerprint density at radius 3 is 2.48 bits per heavy atom. The van der Waals surface area contributed by atoms with Gasteiger partial charge in [0.25, 0.3) is 5.91 Å². The SMILES string of the molecule is Cc1ccc(-c2csc(NC(=O)c3ccc(CS(C)(=O)=O)cc3)n2)s1. The van der Waals surface area contributed by atoms with Crippen LogP contribution in [-0.2, 0) is 15.6 Å². The highest BCUT2D eigenvalue weighted by atomic mass is 32.2. The van der Waals surface area contributed by atoms with E-state index in [0.29, 0.717) is 16.3 Å². The van der Waals surface area contributed by atoms with Gasteiger partial charge in [-0.3, -0.25) is 10.1 Å². The molecular formula is C17H16N2O3S3. The van der Waals surface area contributed by atoms with Crippen LogP contribution in [0.15, 0.2) is 41.8 Å². The van der Waals surface area contributed by atoms with E-state index >= 15 is 0 Å². The number of benzene rings is 1. The van der Waals surface area contributed by atoms with Crippen molar-refractivity contribution in [3.63, 3.8) is 0 Å². The number of carbonyl (C=O) groups excluding carboxylic acids is 1. The molecule has 8 heteroatoms. The van der Waals surface area contributed by atoms with Crippen LogP contribution in [0.2, 0.25) is 0 Å². The Kier molecular flexibility index (Phi) is 5.03. The summed E-state index contributed by atoms with van der Waals surface area (Å²) < 4.78 is 22.6. The Labute approximate surface area is 154 Å². The summed E-state index contributed by atoms with van der Waals surface area (Å²) in [6.07, 6.45) is 1.18. The first-order valence-electron chi connectivity index (χ1n) is 7.40. The lowest BCUT2D eigenvalue weighted by Gasteiger charge is -2.03. The molecule has 0 saturated heterocycles. The number of sulfone groups is 1. The zero-order chi connectivity index (χ0) is 18.0. The van der Waals surface area contributed by atoms with Crippen molar-refractivity contribution in [2.45, 2.75) is 12.7 Å². The molecule has 2 heterocycles. The van der Waals surface area contributed by atoms with E-state index in [1.54, 1.807) is 35.6 Å². The van der Waals surface area contributed by atoms with Gasteiger partial charge in [-0.1, -0.05) is 12.1 Å². The van der Waals surface area contributed by atoms with Crippen LogP contribution in [0.25, 0.3) is 10.6 Å². The summed E-state index contributed by atoms with van der Waals surface area (Å²) in [5.41, 5.74) is 1.96. The average Bonchev–Trinajstić information content (AvgIpc) is 3.15. The molecule has 130 valence electrons. The summed E-state index contributed by atoms with van der Waals surface area (Å²) in [6.45, 7) is 2.04. The van der Waals surface area contributed by atoms with Crippen molar-refractivity contribution in [3.8, 4) is 10.6 Å². The Bertz CT molecular complexity index is 1000. The van der Waals surface area contributed by atoms with Gasteiger partial charge in [0.05, 0.1) is 16.3 Å². The molecule has 1 aromatic carbocycles. The molecule has 0 saturated carbocycles. The molecule has 0 spiro atoms. The summed E-state index contributed by atoms with van der Waals surface area (Å²) in [5.74, 6) is -0.306. The van der Waals surface area contributed by atoms with Gasteiger partial charge < -0.3 is 0 Å². The van der Waals surface area contributed by atoms with Crippen LogP contribution < -0.4 is 5.32 Å². The number of anilines is 1. The van der Waals surface area contributed by atoms with E-state index in [-0.39, 0.29) is 11.7 Å². The van der Waals surface area contributed by atoms with E-state index in [4.69, 9.17) is 0 Å². The van der Waals surface area contributed by atoms with Crippen LogP contribution in [0.4, 0.5) is 5.13 Å². The van der Waals surface area contributed by atoms with E-state index in [1.807, 2.05) is 24.4 Å². The summed E-state index contributed by atoms with van der Waals surface area (Å²) in [5, 5.41) is 5.22. The molecule has 0 aliphatic rings. The van der Waals surface area contributed by atoms with Crippen LogP contribution in [0.1, 0.15) is 20.8 Å². The fourth-order valence-electron chi connectivity index (χ4n) is 2.24. The number of hydrogen-bond donors (Lipinski definition) is 1. The highest BCUT2D eigenvalue weighted by Crippen LogP contribution is 2.30. The van der Waals surface area contributed by atoms with Gasteiger partial charge in [-0.15, -0.1) is 22.7 Å². The molecular weight excluding hydrogens is 376 g/mol. The minimum Gasteiger partial charge on any atom is -0.298 e. The normalized spacial score (nSPS) is 11.4. The molecule has 3 aromatic rings. The van der Waals surface area contributed by atoms with Crippen LogP contribution in [0, 0.1) is 6.92 Å². The van der Waals surface area contributed by atoms with Gasteiger partial charge in [0, 0.05) is 22.1 Å². The summed E-state index contributed by atoms with van der Waals surface area (Å²) in [4.78, 5) is 19.0. The molecule has 0 atom stereocenters. The number of hydrogen-bond acceptors (Lipinski definition) is 6. The molecule has 0 aliphatic carbocycles. The van der Waals surface area contributed by atoms with Crippen LogP contribution in [0.3, 0.4) is 0 Å². The lowest BCUT2D eigenvalue weighted by molar-refractivity contribution is 0.102. The topological polar surface area (TPSA) is 76.1 Å². The molecule has 5 nitrogen and oxygen atoms in total. The molecule has 3 rings (SSSR count). The second-order valence-corrected chi connectivity index (χ2v) is 9.96. The number of aryl methyl sites for hydroxylation is 1. The fourth-order valence-corrected chi connectivity index (χ4v) is 4.65. The highest BCUT2D eigenvalue weighted by Gasteiger charge is 2.12. The third-order valence-electron chi connectivity index (χ3n) is 3.36. The standard InChI is InChI=1S/C17H16N2O3S3/c1-11-3-8-15(24-11)14-9-23-17(18-14)19-16(20)13-6-4-12(5-7-13)10-25(2,21)22/h3-9H,10H2,1-2H3,(H,18,19,20). The van der Waals surface area contributed by atoms with E-state index in [0.717, 1.165) is 10.6 Å². The lowest BCUT2D eigenvalue weighted by atomic mass is 10.1. The number of nitrogens with one attached hydrogen (secondary N) is 1. The number of rotatable bonds is 5. The third-order valence-corrected chi connectivity index (χ3v) is 6.00. The van der Waals surface area contributed by atoms with Gasteiger partial charge >= 0.3 is 0 Å². The zero-order valence-corrected chi connectivity index (χ0v) is 16.1. The van der Waals surface area contributed by atoms with Crippen molar-refractivity contribution in [1.82, 2.24) is 4.98 Å². The van der Waals surface area contributed by atoms with E-state index < -0.39 is 9.84 Å². The van der Waals surface area contributed by atoms with E-state index in [9.17, 15) is 13.2 Å². The smallest absolute Gasteiger partial charge is 0.257 e. The van der Waals surface area contributed by atoms with Crippen molar-refractivity contribution in [3.05, 3.63) is 57.8 Å². The van der Waals surface area contributed by atoms with Gasteiger partial charge in [0.15, 0.2) is 15.0 Å². The van der Waals surface area contributed by atoms with E-state index in [2.05, 4.69) is 10.3 Å². The number of aromatic nitrogens is 1. The predicted molar refractivity (Wildman–Crippen MR) is 103 cm³/mol. The maximum absolute atomic E-state index is 12.3. The molecule has 25 heavy (non-hydrogen) atoms. The minimum absolute atomic E-state index is 0.0367. The molecule has 0 radical (unpaired) electrons. The average molecular weight is 393 g/mol. The maximum Gasteiger partial charge on any atom is 0.257 e. The van der Waals surface area contributed by atoms with Crippen LogP contribution >= 0.6 is 22.7 Å². The number of carbonyl (C=O) groups is 1. The fraction of sp³-hybridized carbons (Fsp3) is 0.176. The summed E-state index contributed by atoms with van der Waals surface area (Å²) in [6, 6.07) is 10.6. The maximum atomic E-state index is 12.3. The summed E-state index contributed by atoms with van der Waals surface area (Å²) in [7, 11) is -3.09. The lowest BCUT2D eigenvalue weighted by Crippen LogP contribution is -2.11. The van der Waals surface area contributed by atoms with Crippen LogP contribution in [-0.4, -0.2) is 25.6 Å². The zero-order valence-electron chi connectivity index (χ0n) is 13.6. The van der Waals surface area contributed by atoms with Gasteiger partial charge in [0.1, 0.15) is 0 Å². The predicted octanol–water partition coefficient (Wildman–Crippen LogP) is 3.98. The Balaban J connectivity index is 1.69. The molecule has 0 fully saturated rings. The first kappa shape index (κ1) is 17.8. The largest absolute Gasteiger partial charge is 0.298 e. The van der Waals surface area contributed by atoms with Crippen molar-refractivity contribution < 1.29 is 13.2 Å². The highest BCUT2D eigenvalue weighted by molar-refractivity contribution is 7.89. The Morgan fingerprint density at radius 1 is 1.16 bits per heavy atom. The second kappa shape index (κ2) is 7.07. The minimum atomic E-state index is -3.09. The molecule has 0 bridgehead atoms. The monoisotopic (exact) mass is 392 g/mol. The molecule has 0 unspecified atom stereocenters. The Hall–Kier alpha value is -2.03. The molecule has 0 aliphatic heterocycles. The van der Waals surface area contributed by atoms with Gasteiger partial charge in [-0.25, -0.2) is 13.4 Å². The number of amides is 1. The summed E-state index contributed by atoms with van der Waals surface area (Å²) >= 11 is 3.03. The van der Waals surface area contributed by atoms with Gasteiger partial charge in [0.2, 0.25) is 0 Å². The third kappa shape index (κ3) is 4.75. The van der Waals surface area contributed by atoms with Crippen molar-refractivity contribution in [1.29, 1.82) is 0 Å². The van der Waals surface area contributed by atoms with Crippen molar-refractivity contribution >= 4 is 43.5 Å². The first-order chi connectivity index (χ1) is 11.8.